The fourth-order valence-electron chi connectivity index (χ4n) is 0.931. The van der Waals surface area contributed by atoms with Gasteiger partial charge in [-0.2, -0.15) is 0 Å². The van der Waals surface area contributed by atoms with E-state index in [0.29, 0.717) is 6.42 Å². The summed E-state index contributed by atoms with van der Waals surface area (Å²) >= 11 is 0. The third kappa shape index (κ3) is 8.96. The van der Waals surface area contributed by atoms with Gasteiger partial charge in [0.15, 0.2) is 0 Å². The molecule has 0 bridgehead atoms. The van der Waals surface area contributed by atoms with Gasteiger partial charge in [-0.05, 0) is 12.8 Å². The molecule has 0 aliphatic carbocycles. The van der Waals surface area contributed by atoms with Gasteiger partial charge in [-0.3, -0.25) is 9.59 Å². The summed E-state index contributed by atoms with van der Waals surface area (Å²) in [5.74, 6) is -1.43. The molecular weight excluding hydrogens is 198 g/mol. The van der Waals surface area contributed by atoms with Crippen molar-refractivity contribution in [1.82, 2.24) is 5.32 Å². The van der Waals surface area contributed by atoms with Crippen molar-refractivity contribution in [3.05, 3.63) is 12.2 Å². The molecule has 0 rings (SSSR count). The number of amides is 1. The average molecular weight is 215 g/mol. The summed E-state index contributed by atoms with van der Waals surface area (Å²) in [5.41, 5.74) is 0. The number of carbonyl (C=O) groups is 2. The summed E-state index contributed by atoms with van der Waals surface area (Å²) in [6.45, 7) is 1.57. The van der Waals surface area contributed by atoms with Crippen molar-refractivity contribution < 1.29 is 19.8 Å². The van der Waals surface area contributed by atoms with E-state index in [4.69, 9.17) is 5.11 Å². The lowest BCUT2D eigenvalue weighted by Crippen LogP contribution is -2.29. The van der Waals surface area contributed by atoms with Gasteiger partial charge >= 0.3 is 5.97 Å². The maximum absolute atomic E-state index is 11.0. The van der Waals surface area contributed by atoms with Crippen LogP contribution in [-0.2, 0) is 9.59 Å². The Hall–Kier alpha value is -1.36. The number of hydrogen-bond donors (Lipinski definition) is 3. The number of rotatable bonds is 7. The van der Waals surface area contributed by atoms with E-state index in [1.54, 1.807) is 6.08 Å². The highest BCUT2D eigenvalue weighted by atomic mass is 16.4. The minimum absolute atomic E-state index is 0.127. The zero-order valence-electron chi connectivity index (χ0n) is 8.77. The van der Waals surface area contributed by atoms with Gasteiger partial charge in [0, 0.05) is 6.42 Å². The first-order valence-corrected chi connectivity index (χ1v) is 4.89. The molecule has 0 spiro atoms. The number of nitrogens with one attached hydrogen (secondary N) is 1. The Balaban J connectivity index is 3.61. The van der Waals surface area contributed by atoms with E-state index in [9.17, 15) is 14.7 Å². The first-order valence-electron chi connectivity index (χ1n) is 4.89. The monoisotopic (exact) mass is 215 g/mol. The van der Waals surface area contributed by atoms with Crippen LogP contribution in [0.25, 0.3) is 0 Å². The van der Waals surface area contributed by atoms with Crippen LogP contribution in [-0.4, -0.2) is 34.7 Å². The fraction of sp³-hybridized carbons (Fsp3) is 0.600. The summed E-state index contributed by atoms with van der Waals surface area (Å²) in [4.78, 5) is 21.1. The van der Waals surface area contributed by atoms with Crippen LogP contribution in [0.1, 0.15) is 26.2 Å². The molecule has 1 atom stereocenters. The molecule has 0 aromatic rings. The first kappa shape index (κ1) is 13.6. The Morgan fingerprint density at radius 3 is 2.67 bits per heavy atom. The molecule has 0 saturated heterocycles. The maximum atomic E-state index is 11.0. The predicted molar refractivity (Wildman–Crippen MR) is 55.3 cm³/mol. The highest BCUT2D eigenvalue weighted by Crippen LogP contribution is 1.99. The maximum Gasteiger partial charge on any atom is 0.322 e. The molecule has 1 amide bonds. The first-order chi connectivity index (χ1) is 7.06. The fourth-order valence-corrected chi connectivity index (χ4v) is 0.931. The summed E-state index contributed by atoms with van der Waals surface area (Å²) in [6, 6.07) is 0. The molecule has 3 N–H and O–H groups in total. The Morgan fingerprint density at radius 2 is 2.13 bits per heavy atom. The summed E-state index contributed by atoms with van der Waals surface area (Å²) in [6.07, 6.45) is 4.08. The topological polar surface area (TPSA) is 86.6 Å². The number of carboxylic acid groups (broad SMARTS) is 1. The second kappa shape index (κ2) is 7.99. The van der Waals surface area contributed by atoms with Crippen LogP contribution in [0.5, 0.6) is 0 Å². The van der Waals surface area contributed by atoms with Crippen LogP contribution in [0, 0.1) is 0 Å². The van der Waals surface area contributed by atoms with Crippen molar-refractivity contribution in [2.24, 2.45) is 0 Å². The van der Waals surface area contributed by atoms with E-state index in [0.717, 1.165) is 6.42 Å². The highest BCUT2D eigenvalue weighted by Gasteiger charge is 2.06. The number of aliphatic hydroxyl groups excluding tert-OH is 1. The summed E-state index contributed by atoms with van der Waals surface area (Å²) in [5, 5.41) is 19.8. The Kier molecular flexibility index (Phi) is 7.27. The van der Waals surface area contributed by atoms with E-state index in [1.165, 1.54) is 0 Å². The predicted octanol–water partition coefficient (Wildman–Crippen LogP) is 0.294. The van der Waals surface area contributed by atoms with Crippen molar-refractivity contribution in [2.45, 2.75) is 32.3 Å². The van der Waals surface area contributed by atoms with Crippen LogP contribution in [0.15, 0.2) is 12.2 Å². The Morgan fingerprint density at radius 1 is 1.47 bits per heavy atom. The minimum Gasteiger partial charge on any atom is -0.480 e. The standard InChI is InChI=1S/C10H17NO4/c1-2-3-4-8(12)5-6-9(13)11-7-10(14)15/h3-4,8,12H,2,5-7H2,1H3,(H,11,13)(H,14,15)/b4-3+. The number of allylic oxidation sites excluding steroid dienone is 1. The van der Waals surface area contributed by atoms with Gasteiger partial charge in [-0.1, -0.05) is 19.1 Å². The van der Waals surface area contributed by atoms with Gasteiger partial charge in [-0.25, -0.2) is 0 Å². The minimum atomic E-state index is -1.07. The summed E-state index contributed by atoms with van der Waals surface area (Å²) in [7, 11) is 0. The largest absolute Gasteiger partial charge is 0.480 e. The number of aliphatic hydroxyl groups is 1. The highest BCUT2D eigenvalue weighted by molar-refractivity contribution is 5.81. The second-order valence-electron chi connectivity index (χ2n) is 3.11. The van der Waals surface area contributed by atoms with E-state index in [-0.39, 0.29) is 18.9 Å². The molecule has 5 nitrogen and oxygen atoms in total. The molecule has 0 aromatic carbocycles. The van der Waals surface area contributed by atoms with Crippen LogP contribution in [0.2, 0.25) is 0 Å². The van der Waals surface area contributed by atoms with Crippen LogP contribution in [0.3, 0.4) is 0 Å². The third-order valence-corrected chi connectivity index (χ3v) is 1.70. The number of aliphatic carboxylic acids is 1. The molecule has 0 saturated carbocycles. The Bertz CT molecular complexity index is 238. The molecule has 86 valence electrons. The Labute approximate surface area is 88.8 Å². The zero-order chi connectivity index (χ0) is 11.7. The smallest absolute Gasteiger partial charge is 0.322 e. The lowest BCUT2D eigenvalue weighted by molar-refractivity contribution is -0.138. The molecule has 0 heterocycles. The third-order valence-electron chi connectivity index (χ3n) is 1.70. The molecule has 0 aliphatic heterocycles. The van der Waals surface area contributed by atoms with Gasteiger partial charge in [0.1, 0.15) is 6.54 Å². The van der Waals surface area contributed by atoms with Gasteiger partial charge in [0.25, 0.3) is 0 Å². The van der Waals surface area contributed by atoms with Gasteiger partial charge in [-0.15, -0.1) is 0 Å². The molecule has 0 fully saturated rings. The van der Waals surface area contributed by atoms with E-state index >= 15 is 0 Å². The molecule has 5 heteroatoms. The van der Waals surface area contributed by atoms with Crippen molar-refractivity contribution in [1.29, 1.82) is 0 Å². The van der Waals surface area contributed by atoms with Crippen molar-refractivity contribution in [3.63, 3.8) is 0 Å². The number of carbonyl (C=O) groups excluding carboxylic acids is 1. The van der Waals surface area contributed by atoms with E-state index in [1.807, 2.05) is 13.0 Å². The molecular formula is C10H17NO4. The van der Waals surface area contributed by atoms with E-state index < -0.39 is 12.1 Å². The van der Waals surface area contributed by atoms with Gasteiger partial charge < -0.3 is 15.5 Å². The average Bonchev–Trinajstić information content (AvgIpc) is 2.20. The lowest BCUT2D eigenvalue weighted by atomic mass is 10.1. The molecule has 0 aromatic heterocycles. The van der Waals surface area contributed by atoms with Gasteiger partial charge in [0.2, 0.25) is 5.91 Å². The normalized spacial score (nSPS) is 12.7. The van der Waals surface area contributed by atoms with Crippen molar-refractivity contribution in [3.8, 4) is 0 Å². The number of carboxylic acids is 1. The van der Waals surface area contributed by atoms with Crippen molar-refractivity contribution in [2.75, 3.05) is 6.54 Å². The van der Waals surface area contributed by atoms with Gasteiger partial charge in [0.05, 0.1) is 6.10 Å². The zero-order valence-corrected chi connectivity index (χ0v) is 8.77. The van der Waals surface area contributed by atoms with Crippen molar-refractivity contribution >= 4 is 11.9 Å². The second-order valence-corrected chi connectivity index (χ2v) is 3.11. The van der Waals surface area contributed by atoms with Crippen LogP contribution in [0.4, 0.5) is 0 Å². The summed E-state index contributed by atoms with van der Waals surface area (Å²) < 4.78 is 0. The van der Waals surface area contributed by atoms with E-state index in [2.05, 4.69) is 5.32 Å². The molecule has 15 heavy (non-hydrogen) atoms. The lowest BCUT2D eigenvalue weighted by Gasteiger charge is -2.05. The quantitative estimate of drug-likeness (QED) is 0.533. The number of hydrogen-bond acceptors (Lipinski definition) is 3. The molecule has 1 unspecified atom stereocenters. The van der Waals surface area contributed by atoms with Crippen LogP contribution < -0.4 is 5.32 Å². The van der Waals surface area contributed by atoms with Crippen LogP contribution >= 0.6 is 0 Å². The molecule has 0 radical (unpaired) electrons. The SMILES string of the molecule is CC/C=C/C(O)CCC(=O)NCC(=O)O. The molecule has 0 aliphatic rings.